The molecule has 3 aromatic rings. The number of esters is 1. The van der Waals surface area contributed by atoms with Crippen LogP contribution in [0.15, 0.2) is 66.7 Å². The number of carbonyl (C=O) groups excluding carboxylic acids is 3. The Morgan fingerprint density at radius 3 is 2.29 bits per heavy atom. The molecule has 0 aliphatic carbocycles. The number of rotatable bonds is 10. The minimum Gasteiger partial charge on any atom is -0.457 e. The number of aryl methyl sites for hydroxylation is 2. The minimum atomic E-state index is -0.931. The Bertz CT molecular complexity index is 1210. The highest BCUT2D eigenvalue weighted by molar-refractivity contribution is 6.31. The Morgan fingerprint density at radius 1 is 0.886 bits per heavy atom. The van der Waals surface area contributed by atoms with Gasteiger partial charge in [0.15, 0.2) is 6.10 Å². The summed E-state index contributed by atoms with van der Waals surface area (Å²) in [5, 5.41) is 3.23. The number of nitrogens with one attached hydrogen (secondary N) is 1. The van der Waals surface area contributed by atoms with Crippen molar-refractivity contribution in [3.05, 3.63) is 88.4 Å². The van der Waals surface area contributed by atoms with Gasteiger partial charge in [-0.15, -0.1) is 0 Å². The minimum absolute atomic E-state index is 0.0311. The molecule has 0 aliphatic heterocycles. The van der Waals surface area contributed by atoms with Crippen LogP contribution in [0.3, 0.4) is 0 Å². The van der Waals surface area contributed by atoms with Crippen molar-refractivity contribution in [2.75, 3.05) is 5.32 Å². The summed E-state index contributed by atoms with van der Waals surface area (Å²) in [7, 11) is 0. The quantitative estimate of drug-likeness (QED) is 0.252. The van der Waals surface area contributed by atoms with E-state index >= 15 is 0 Å². The Labute approximate surface area is 210 Å². The molecule has 0 fully saturated rings. The molecular formula is C28H28ClNO5. The first-order valence-corrected chi connectivity index (χ1v) is 11.7. The van der Waals surface area contributed by atoms with Gasteiger partial charge in [0.2, 0.25) is 11.7 Å². The van der Waals surface area contributed by atoms with E-state index in [2.05, 4.69) is 5.32 Å². The number of benzene rings is 3. The summed E-state index contributed by atoms with van der Waals surface area (Å²) >= 11 is 5.90. The van der Waals surface area contributed by atoms with Gasteiger partial charge in [0.05, 0.1) is 0 Å². The molecule has 0 spiro atoms. The molecule has 0 heterocycles. The summed E-state index contributed by atoms with van der Waals surface area (Å²) in [4.78, 5) is 36.7. The van der Waals surface area contributed by atoms with Crippen LogP contribution < -0.4 is 10.1 Å². The second kappa shape index (κ2) is 12.2. The zero-order valence-electron chi connectivity index (χ0n) is 20.0. The molecule has 0 saturated carbocycles. The number of hydrogen-bond donors (Lipinski definition) is 1. The van der Waals surface area contributed by atoms with E-state index < -0.39 is 12.1 Å². The van der Waals surface area contributed by atoms with Crippen molar-refractivity contribution in [1.29, 1.82) is 0 Å². The van der Waals surface area contributed by atoms with Crippen LogP contribution in [-0.2, 0) is 14.3 Å². The maximum absolute atomic E-state index is 12.4. The lowest BCUT2D eigenvalue weighted by molar-refractivity contribution is -0.146. The fraction of sp³-hybridized carbons (Fsp3) is 0.250. The molecule has 6 nitrogen and oxygen atoms in total. The molecule has 0 aromatic heterocycles. The van der Waals surface area contributed by atoms with E-state index in [1.54, 1.807) is 42.5 Å². The summed E-state index contributed by atoms with van der Waals surface area (Å²) in [5.41, 5.74) is 3.36. The number of anilines is 1. The van der Waals surface area contributed by atoms with Crippen LogP contribution in [0, 0.1) is 13.8 Å². The zero-order valence-corrected chi connectivity index (χ0v) is 20.7. The van der Waals surface area contributed by atoms with E-state index in [-0.39, 0.29) is 24.5 Å². The number of hydrogen-bond acceptors (Lipinski definition) is 5. The van der Waals surface area contributed by atoms with E-state index in [0.29, 0.717) is 28.4 Å². The van der Waals surface area contributed by atoms with Crippen molar-refractivity contribution in [3.63, 3.8) is 0 Å². The third-order valence-corrected chi connectivity index (χ3v) is 5.66. The van der Waals surface area contributed by atoms with Crippen LogP contribution in [0.5, 0.6) is 11.5 Å². The first-order chi connectivity index (χ1) is 16.7. The monoisotopic (exact) mass is 493 g/mol. The first-order valence-electron chi connectivity index (χ1n) is 11.4. The lowest BCUT2D eigenvalue weighted by Gasteiger charge is -2.12. The summed E-state index contributed by atoms with van der Waals surface area (Å²) in [6.07, 6.45) is -0.452. The van der Waals surface area contributed by atoms with Crippen LogP contribution in [-0.4, -0.2) is 23.8 Å². The molecule has 1 unspecified atom stereocenters. The molecular weight excluding hydrogens is 466 g/mol. The molecule has 7 heteroatoms. The van der Waals surface area contributed by atoms with Gasteiger partial charge in [-0.25, -0.2) is 0 Å². The van der Waals surface area contributed by atoms with Crippen molar-refractivity contribution < 1.29 is 23.9 Å². The standard InChI is InChI=1S/C28H28ClNO5/c1-18-10-13-25(16-19(18)2)35-24-14-11-23(12-15-24)30-26(31)8-5-9-27(32)34-20(3)28(33)21-6-4-7-22(29)17-21/h4,6-7,10-17,20H,5,8-9H2,1-3H3,(H,30,31). The summed E-state index contributed by atoms with van der Waals surface area (Å²) < 4.78 is 11.1. The predicted octanol–water partition coefficient (Wildman–Crippen LogP) is 6.67. The highest BCUT2D eigenvalue weighted by Crippen LogP contribution is 2.25. The number of halogens is 1. The maximum Gasteiger partial charge on any atom is 0.306 e. The third-order valence-electron chi connectivity index (χ3n) is 5.42. The molecule has 3 rings (SSSR count). The molecule has 35 heavy (non-hydrogen) atoms. The van der Waals surface area contributed by atoms with Gasteiger partial charge in [0.1, 0.15) is 11.5 Å². The van der Waals surface area contributed by atoms with Crippen molar-refractivity contribution in [1.82, 2.24) is 0 Å². The van der Waals surface area contributed by atoms with Crippen LogP contribution in [0.4, 0.5) is 5.69 Å². The highest BCUT2D eigenvalue weighted by atomic mass is 35.5. The Morgan fingerprint density at radius 2 is 1.60 bits per heavy atom. The molecule has 182 valence electrons. The van der Waals surface area contributed by atoms with Gasteiger partial charge in [0.25, 0.3) is 0 Å². The van der Waals surface area contributed by atoms with Gasteiger partial charge in [-0.2, -0.15) is 0 Å². The van der Waals surface area contributed by atoms with Gasteiger partial charge in [-0.1, -0.05) is 29.8 Å². The lowest BCUT2D eigenvalue weighted by Crippen LogP contribution is -2.24. The fourth-order valence-electron chi connectivity index (χ4n) is 3.32. The van der Waals surface area contributed by atoms with E-state index in [4.69, 9.17) is 21.1 Å². The summed E-state index contributed by atoms with van der Waals surface area (Å²) in [6, 6.07) is 19.4. The molecule has 1 amide bonds. The van der Waals surface area contributed by atoms with Crippen molar-refractivity contribution in [2.45, 2.75) is 46.1 Å². The van der Waals surface area contributed by atoms with E-state index in [1.165, 1.54) is 18.6 Å². The summed E-state index contributed by atoms with van der Waals surface area (Å²) in [5.74, 6) is 0.330. The molecule has 0 saturated heterocycles. The summed E-state index contributed by atoms with van der Waals surface area (Å²) in [6.45, 7) is 5.59. The average Bonchev–Trinajstić information content (AvgIpc) is 2.82. The molecule has 3 aromatic carbocycles. The van der Waals surface area contributed by atoms with Crippen LogP contribution in [0.25, 0.3) is 0 Å². The number of ether oxygens (including phenoxy) is 2. The fourth-order valence-corrected chi connectivity index (χ4v) is 3.51. The third kappa shape index (κ3) is 7.97. The van der Waals surface area contributed by atoms with Crippen molar-refractivity contribution in [3.8, 4) is 11.5 Å². The molecule has 0 aliphatic rings. The topological polar surface area (TPSA) is 81.7 Å². The maximum atomic E-state index is 12.4. The van der Waals surface area contributed by atoms with E-state index in [1.807, 2.05) is 32.0 Å². The van der Waals surface area contributed by atoms with Crippen molar-refractivity contribution >= 4 is 34.9 Å². The lowest BCUT2D eigenvalue weighted by atomic mass is 10.1. The van der Waals surface area contributed by atoms with E-state index in [0.717, 1.165) is 11.3 Å². The molecule has 0 bridgehead atoms. The van der Waals surface area contributed by atoms with Crippen LogP contribution in [0.2, 0.25) is 5.02 Å². The normalized spacial score (nSPS) is 11.4. The second-order valence-corrected chi connectivity index (χ2v) is 8.72. The van der Waals surface area contributed by atoms with E-state index in [9.17, 15) is 14.4 Å². The smallest absolute Gasteiger partial charge is 0.306 e. The van der Waals surface area contributed by atoms with Crippen LogP contribution >= 0.6 is 11.6 Å². The largest absolute Gasteiger partial charge is 0.457 e. The van der Waals surface area contributed by atoms with Gasteiger partial charge in [-0.3, -0.25) is 14.4 Å². The Hall–Kier alpha value is -3.64. The average molecular weight is 494 g/mol. The Kier molecular flexibility index (Phi) is 9.04. The van der Waals surface area contributed by atoms with Gasteiger partial charge in [-0.05, 0) is 86.8 Å². The highest BCUT2D eigenvalue weighted by Gasteiger charge is 2.19. The Balaban J connectivity index is 1.40. The SMILES string of the molecule is Cc1ccc(Oc2ccc(NC(=O)CCCC(=O)OC(C)C(=O)c3cccc(Cl)c3)cc2)cc1C. The molecule has 1 atom stereocenters. The van der Waals surface area contributed by atoms with Crippen molar-refractivity contribution in [2.24, 2.45) is 0 Å². The van der Waals surface area contributed by atoms with Gasteiger partial charge >= 0.3 is 5.97 Å². The number of carbonyl (C=O) groups is 3. The molecule has 1 N–H and O–H groups in total. The second-order valence-electron chi connectivity index (χ2n) is 8.28. The number of amides is 1. The number of ketones is 1. The predicted molar refractivity (Wildman–Crippen MR) is 136 cm³/mol. The van der Waals surface area contributed by atoms with Crippen LogP contribution in [0.1, 0.15) is 47.7 Å². The van der Waals surface area contributed by atoms with Gasteiger partial charge < -0.3 is 14.8 Å². The zero-order chi connectivity index (χ0) is 25.4. The van der Waals surface area contributed by atoms with Gasteiger partial charge in [0, 0.05) is 29.1 Å². The first kappa shape index (κ1) is 26.0. The molecule has 0 radical (unpaired) electrons. The number of Topliss-reactive ketones (excluding diaryl/α,β-unsaturated/α-hetero) is 1.